The molecule has 0 rings (SSSR count). The van der Waals surface area contributed by atoms with Crippen LogP contribution in [0.5, 0.6) is 0 Å². The number of unbranched alkanes of at least 4 members (excludes halogenated alkanes) is 18. The Bertz CT molecular complexity index is 965. The highest BCUT2D eigenvalue weighted by Gasteiger charge is 2.25. The van der Waals surface area contributed by atoms with E-state index in [2.05, 4.69) is 26.0 Å². The van der Waals surface area contributed by atoms with Crippen LogP contribution in [0.15, 0.2) is 48.6 Å². The molecule has 10 heteroatoms. The third-order valence-electron chi connectivity index (χ3n) is 8.07. The van der Waals surface area contributed by atoms with E-state index in [1.54, 1.807) is 0 Å². The van der Waals surface area contributed by atoms with Gasteiger partial charge in [0.25, 0.3) is 0 Å². The summed E-state index contributed by atoms with van der Waals surface area (Å²) >= 11 is 0. The van der Waals surface area contributed by atoms with Crippen molar-refractivity contribution in [1.29, 1.82) is 0 Å². The number of hydrogen-bond donors (Lipinski definition) is 2. The topological polar surface area (TPSA) is 134 Å². The quantitative estimate of drug-likeness (QED) is 0.0280. The van der Waals surface area contributed by atoms with Crippen LogP contribution in [0.4, 0.5) is 0 Å². The van der Waals surface area contributed by atoms with Crippen LogP contribution < -0.4 is 5.73 Å². The Morgan fingerprint density at radius 1 is 0.620 bits per heavy atom. The minimum atomic E-state index is -4.38. The second kappa shape index (κ2) is 36.8. The van der Waals surface area contributed by atoms with Crippen molar-refractivity contribution < 1.29 is 37.6 Å². The number of allylic oxidation sites excluding steroid dienone is 8. The molecule has 290 valence electrons. The molecule has 0 aliphatic rings. The Hall–Kier alpha value is -2.03. The highest BCUT2D eigenvalue weighted by atomic mass is 31.2. The summed E-state index contributed by atoms with van der Waals surface area (Å²) < 4.78 is 32.6. The molecular weight excluding hydrogens is 653 g/mol. The van der Waals surface area contributed by atoms with Crippen LogP contribution in [-0.4, -0.2) is 49.3 Å². The predicted octanol–water partition coefficient (Wildman–Crippen LogP) is 10.8. The van der Waals surface area contributed by atoms with Gasteiger partial charge in [0.1, 0.15) is 6.61 Å². The summed E-state index contributed by atoms with van der Waals surface area (Å²) in [6.45, 7) is 3.53. The van der Waals surface area contributed by atoms with Gasteiger partial charge in [0.15, 0.2) is 6.10 Å². The van der Waals surface area contributed by atoms with Gasteiger partial charge in [0.2, 0.25) is 0 Å². The van der Waals surface area contributed by atoms with E-state index < -0.39 is 32.5 Å². The van der Waals surface area contributed by atoms with E-state index in [-0.39, 0.29) is 32.6 Å². The molecule has 0 heterocycles. The standard InChI is InChI=1S/C40H72NO8P/c1-3-5-7-9-11-13-15-17-18-19-21-22-24-26-28-30-32-39(42)46-36-38(37-48-50(44,45)47-35-34-41)49-40(43)33-31-29-27-25-23-20-16-14-12-10-8-6-4-2/h6,8,10,12,14,16,20,23,38H,3-5,7,9,11,13,15,17-19,21-22,24-37,41H2,1-2H3,(H,44,45)/b8-6+,12-10+,16-14+,23-20+. The molecule has 0 aromatic heterocycles. The smallest absolute Gasteiger partial charge is 0.462 e. The number of esters is 2. The fourth-order valence-electron chi connectivity index (χ4n) is 5.17. The maximum Gasteiger partial charge on any atom is 0.472 e. The first-order valence-electron chi connectivity index (χ1n) is 19.7. The molecule has 2 atom stereocenters. The number of carbonyl (C=O) groups is 2. The van der Waals surface area contributed by atoms with Crippen LogP contribution in [-0.2, 0) is 32.7 Å². The van der Waals surface area contributed by atoms with Crippen molar-refractivity contribution in [2.45, 2.75) is 168 Å². The molecule has 50 heavy (non-hydrogen) atoms. The van der Waals surface area contributed by atoms with Crippen molar-refractivity contribution in [3.63, 3.8) is 0 Å². The van der Waals surface area contributed by atoms with Crippen LogP contribution in [0.25, 0.3) is 0 Å². The first-order valence-corrected chi connectivity index (χ1v) is 21.2. The molecule has 0 bridgehead atoms. The molecule has 0 fully saturated rings. The lowest BCUT2D eigenvalue weighted by molar-refractivity contribution is -0.161. The highest BCUT2D eigenvalue weighted by Crippen LogP contribution is 2.43. The van der Waals surface area contributed by atoms with Gasteiger partial charge in [-0.2, -0.15) is 0 Å². The zero-order chi connectivity index (χ0) is 36.8. The maximum absolute atomic E-state index is 12.5. The van der Waals surface area contributed by atoms with Gasteiger partial charge < -0.3 is 20.1 Å². The van der Waals surface area contributed by atoms with Gasteiger partial charge in [-0.25, -0.2) is 4.57 Å². The summed E-state index contributed by atoms with van der Waals surface area (Å²) in [5.74, 6) is -0.874. The number of carbonyl (C=O) groups excluding carboxylic acids is 2. The average molecular weight is 726 g/mol. The number of hydrogen-bond acceptors (Lipinski definition) is 8. The molecule has 0 amide bonds. The molecule has 0 aromatic rings. The number of phosphoric acid groups is 1. The second-order valence-electron chi connectivity index (χ2n) is 12.9. The van der Waals surface area contributed by atoms with Crippen LogP contribution in [0.3, 0.4) is 0 Å². The van der Waals surface area contributed by atoms with E-state index >= 15 is 0 Å². The number of ether oxygens (including phenoxy) is 2. The summed E-state index contributed by atoms with van der Waals surface area (Å²) in [7, 11) is -4.38. The van der Waals surface area contributed by atoms with E-state index in [0.717, 1.165) is 44.9 Å². The van der Waals surface area contributed by atoms with Crippen molar-refractivity contribution in [1.82, 2.24) is 0 Å². The van der Waals surface area contributed by atoms with Crippen LogP contribution in [0.2, 0.25) is 0 Å². The van der Waals surface area contributed by atoms with Gasteiger partial charge in [-0.3, -0.25) is 18.6 Å². The van der Waals surface area contributed by atoms with Crippen molar-refractivity contribution in [2.24, 2.45) is 5.73 Å². The van der Waals surface area contributed by atoms with E-state index in [1.165, 1.54) is 83.5 Å². The van der Waals surface area contributed by atoms with Gasteiger partial charge in [-0.1, -0.05) is 165 Å². The van der Waals surface area contributed by atoms with Crippen LogP contribution in [0, 0.1) is 0 Å². The lowest BCUT2D eigenvalue weighted by Gasteiger charge is -2.19. The minimum absolute atomic E-state index is 0.0457. The van der Waals surface area contributed by atoms with Crippen molar-refractivity contribution in [2.75, 3.05) is 26.4 Å². The Morgan fingerprint density at radius 2 is 1.10 bits per heavy atom. The predicted molar refractivity (Wildman–Crippen MR) is 206 cm³/mol. The van der Waals surface area contributed by atoms with Gasteiger partial charge in [-0.15, -0.1) is 0 Å². The van der Waals surface area contributed by atoms with E-state index in [9.17, 15) is 19.0 Å². The van der Waals surface area contributed by atoms with Gasteiger partial charge in [0, 0.05) is 19.4 Å². The van der Waals surface area contributed by atoms with Gasteiger partial charge in [-0.05, 0) is 32.1 Å². The molecule has 0 aromatic carbocycles. The molecule has 0 aliphatic carbocycles. The Morgan fingerprint density at radius 3 is 1.64 bits per heavy atom. The highest BCUT2D eigenvalue weighted by molar-refractivity contribution is 7.47. The Kier molecular flexibility index (Phi) is 35.3. The summed E-state index contributed by atoms with van der Waals surface area (Å²) in [6, 6.07) is 0. The number of rotatable bonds is 36. The molecule has 3 N–H and O–H groups in total. The fraction of sp³-hybridized carbons (Fsp3) is 0.750. The normalized spacial score (nSPS) is 13.9. The van der Waals surface area contributed by atoms with Crippen molar-refractivity contribution in [3.05, 3.63) is 48.6 Å². The molecule has 0 saturated heterocycles. The molecule has 2 unspecified atom stereocenters. The summed E-state index contributed by atoms with van der Waals surface area (Å²) in [5.41, 5.74) is 5.33. The van der Waals surface area contributed by atoms with E-state index in [4.69, 9.17) is 24.3 Å². The maximum atomic E-state index is 12.5. The van der Waals surface area contributed by atoms with Crippen molar-refractivity contribution >= 4 is 19.8 Å². The summed E-state index contributed by atoms with van der Waals surface area (Å²) in [4.78, 5) is 34.7. The molecule has 0 radical (unpaired) electrons. The third-order valence-corrected chi connectivity index (χ3v) is 9.06. The Balaban J connectivity index is 4.24. The lowest BCUT2D eigenvalue weighted by atomic mass is 10.0. The zero-order valence-corrected chi connectivity index (χ0v) is 32.5. The van der Waals surface area contributed by atoms with Gasteiger partial charge >= 0.3 is 19.8 Å². The number of phosphoric ester groups is 1. The molecule has 9 nitrogen and oxygen atoms in total. The molecular formula is C40H72NO8P. The molecule has 0 saturated carbocycles. The first kappa shape index (κ1) is 48.0. The van der Waals surface area contributed by atoms with E-state index in [0.29, 0.717) is 6.42 Å². The minimum Gasteiger partial charge on any atom is -0.462 e. The van der Waals surface area contributed by atoms with Crippen LogP contribution >= 0.6 is 7.82 Å². The SMILES string of the molecule is CC/C=C/C=C/C=C/C=C/CCCCCC(=O)OC(COC(=O)CCCCCCCCCCCCCCCCCC)COP(=O)(O)OCCN. The summed E-state index contributed by atoms with van der Waals surface area (Å²) in [5, 5.41) is 0. The molecule has 0 aliphatic heterocycles. The monoisotopic (exact) mass is 725 g/mol. The fourth-order valence-corrected chi connectivity index (χ4v) is 5.94. The average Bonchev–Trinajstić information content (AvgIpc) is 3.10. The second-order valence-corrected chi connectivity index (χ2v) is 14.3. The summed E-state index contributed by atoms with van der Waals surface area (Å²) in [6.07, 6.45) is 40.0. The number of nitrogens with two attached hydrogens (primary N) is 1. The largest absolute Gasteiger partial charge is 0.472 e. The first-order chi connectivity index (χ1) is 24.3. The van der Waals surface area contributed by atoms with Crippen molar-refractivity contribution in [3.8, 4) is 0 Å². The van der Waals surface area contributed by atoms with Gasteiger partial charge in [0.05, 0.1) is 13.2 Å². The Labute approximate surface area is 305 Å². The van der Waals surface area contributed by atoms with Crippen LogP contribution in [0.1, 0.15) is 162 Å². The lowest BCUT2D eigenvalue weighted by Crippen LogP contribution is -2.29. The van der Waals surface area contributed by atoms with E-state index in [1.807, 2.05) is 36.5 Å². The zero-order valence-electron chi connectivity index (χ0n) is 31.6. The molecule has 0 spiro atoms. The third kappa shape index (κ3) is 35.8.